The molecule has 1 rings (SSSR count). The van der Waals surface area contributed by atoms with E-state index < -0.39 is 60.1 Å². The van der Waals surface area contributed by atoms with Crippen molar-refractivity contribution in [3.8, 4) is 0 Å². The average Bonchev–Trinajstić information content (AvgIpc) is 2.76. The number of carboxylic acids is 1. The lowest BCUT2D eigenvalue weighted by Crippen LogP contribution is -2.58. The minimum Gasteiger partial charge on any atom is -0.480 e. The molecule has 0 aromatic heterocycles. The first-order valence-electron chi connectivity index (χ1n) is 11.0. The molecule has 12 heteroatoms. The second kappa shape index (κ2) is 13.9. The molecule has 0 saturated heterocycles. The maximum Gasteiger partial charge on any atom is 0.408 e. The number of nitrogens with one attached hydrogen (secondary N) is 3. The van der Waals surface area contributed by atoms with Crippen LogP contribution in [-0.2, 0) is 35.3 Å². The maximum atomic E-state index is 13.0. The predicted molar refractivity (Wildman–Crippen MR) is 125 cm³/mol. The van der Waals surface area contributed by atoms with E-state index in [4.69, 9.17) is 20.3 Å². The Hall–Kier alpha value is -3.67. The third kappa shape index (κ3) is 12.4. The molecule has 6 N–H and O–H groups in total. The zero-order chi connectivity index (χ0) is 26.6. The molecule has 0 aliphatic heterocycles. The normalized spacial score (nSPS) is 13.6. The number of alkyl carbamates (subject to hydrolysis) is 1. The summed E-state index contributed by atoms with van der Waals surface area (Å²) in [4.78, 5) is 60.0. The van der Waals surface area contributed by atoms with Crippen LogP contribution in [-0.4, -0.2) is 65.2 Å². The summed E-state index contributed by atoms with van der Waals surface area (Å²) >= 11 is 0. The number of amides is 4. The monoisotopic (exact) mass is 494 g/mol. The van der Waals surface area contributed by atoms with Crippen LogP contribution in [0.5, 0.6) is 0 Å². The van der Waals surface area contributed by atoms with Gasteiger partial charge < -0.3 is 36.3 Å². The number of rotatable bonds is 13. The van der Waals surface area contributed by atoms with Gasteiger partial charge in [-0.2, -0.15) is 0 Å². The molecule has 0 unspecified atom stereocenters. The number of ether oxygens (including phenoxy) is 2. The number of hydrogen-bond acceptors (Lipinski definition) is 7. The number of hydrogen-bond donors (Lipinski definition) is 5. The van der Waals surface area contributed by atoms with Gasteiger partial charge in [0.15, 0.2) is 0 Å². The van der Waals surface area contributed by atoms with E-state index in [1.54, 1.807) is 20.8 Å². The van der Waals surface area contributed by atoms with Crippen molar-refractivity contribution in [3.05, 3.63) is 35.9 Å². The van der Waals surface area contributed by atoms with Gasteiger partial charge in [-0.15, -0.1) is 0 Å². The summed E-state index contributed by atoms with van der Waals surface area (Å²) in [5, 5.41) is 15.9. The highest BCUT2D eigenvalue weighted by molar-refractivity contribution is 5.93. The van der Waals surface area contributed by atoms with Gasteiger partial charge in [-0.05, 0) is 39.7 Å². The van der Waals surface area contributed by atoms with Crippen molar-refractivity contribution in [2.75, 3.05) is 6.54 Å². The Morgan fingerprint density at radius 3 is 2.20 bits per heavy atom. The van der Waals surface area contributed by atoms with Crippen molar-refractivity contribution in [3.63, 3.8) is 0 Å². The zero-order valence-corrected chi connectivity index (χ0v) is 20.3. The third-order valence-electron chi connectivity index (χ3n) is 4.51. The van der Waals surface area contributed by atoms with E-state index in [0.717, 1.165) is 5.56 Å². The molecule has 0 radical (unpaired) electrons. The Morgan fingerprint density at radius 2 is 1.66 bits per heavy atom. The van der Waals surface area contributed by atoms with Crippen molar-refractivity contribution < 1.29 is 38.6 Å². The van der Waals surface area contributed by atoms with Crippen LogP contribution in [0.4, 0.5) is 4.79 Å². The van der Waals surface area contributed by atoms with Crippen LogP contribution in [0.3, 0.4) is 0 Å². The number of benzene rings is 1. The minimum atomic E-state index is -1.30. The van der Waals surface area contributed by atoms with Crippen LogP contribution < -0.4 is 21.7 Å². The van der Waals surface area contributed by atoms with Crippen LogP contribution in [0.25, 0.3) is 0 Å². The van der Waals surface area contributed by atoms with Crippen LogP contribution in [0.2, 0.25) is 0 Å². The summed E-state index contributed by atoms with van der Waals surface area (Å²) < 4.78 is 10.9. The van der Waals surface area contributed by atoms with E-state index in [2.05, 4.69) is 16.0 Å². The predicted octanol–water partition coefficient (Wildman–Crippen LogP) is 0.436. The first-order valence-corrected chi connectivity index (χ1v) is 11.0. The van der Waals surface area contributed by atoms with Gasteiger partial charge >= 0.3 is 12.1 Å². The molecule has 4 amide bonds. The van der Waals surface area contributed by atoms with Crippen molar-refractivity contribution in [1.29, 1.82) is 0 Å². The number of carboxylic acid groups (broad SMARTS) is 1. The van der Waals surface area contributed by atoms with Gasteiger partial charge in [0.2, 0.25) is 17.7 Å². The lowest BCUT2D eigenvalue weighted by atomic mass is 10.1. The van der Waals surface area contributed by atoms with Crippen LogP contribution in [0.15, 0.2) is 30.3 Å². The summed E-state index contributed by atoms with van der Waals surface area (Å²) in [6.07, 6.45) is -2.15. The minimum absolute atomic E-state index is 0.127. The number of primary amides is 1. The first-order chi connectivity index (χ1) is 16.3. The largest absolute Gasteiger partial charge is 0.480 e. The number of carbonyl (C=O) groups excluding carboxylic acids is 4. The quantitative estimate of drug-likeness (QED) is 0.261. The molecular formula is C23H34N4O8. The van der Waals surface area contributed by atoms with Crippen molar-refractivity contribution in [1.82, 2.24) is 16.0 Å². The molecule has 0 aliphatic rings. The fraction of sp³-hybridized carbons (Fsp3) is 0.522. The summed E-state index contributed by atoms with van der Waals surface area (Å²) in [6.45, 7) is 5.91. The Kier molecular flexibility index (Phi) is 11.7. The fourth-order valence-corrected chi connectivity index (χ4v) is 2.83. The molecule has 0 aliphatic carbocycles. The van der Waals surface area contributed by atoms with E-state index in [0.29, 0.717) is 0 Å². The van der Waals surface area contributed by atoms with Gasteiger partial charge in [0.05, 0.1) is 12.7 Å². The standard InChI is InChI=1S/C23H34N4O8/c1-14(34-13-15-8-6-5-7-9-15)19(21(32)25-12-18(29)30)27-20(31)16(10-11-17(24)28)26-22(33)35-23(2,3)4/h5-9,14,16,19H,10-13H2,1-4H3,(H2,24,28)(H,25,32)(H,26,33)(H,27,31)(H,29,30)/t14-,16+,19+/m1/s1. The zero-order valence-electron chi connectivity index (χ0n) is 20.3. The van der Waals surface area contributed by atoms with Gasteiger partial charge in [-0.3, -0.25) is 19.2 Å². The van der Waals surface area contributed by atoms with Crippen LogP contribution in [0, 0.1) is 0 Å². The summed E-state index contributed by atoms with van der Waals surface area (Å²) in [5.41, 5.74) is 5.16. The SMILES string of the molecule is C[C@@H](OCc1ccccc1)[C@H](NC(=O)[C@H](CCC(N)=O)NC(=O)OC(C)(C)C)C(=O)NCC(=O)O. The van der Waals surface area contributed by atoms with E-state index in [1.165, 1.54) is 6.92 Å². The van der Waals surface area contributed by atoms with Crippen molar-refractivity contribution in [2.45, 2.75) is 70.9 Å². The van der Waals surface area contributed by atoms with E-state index >= 15 is 0 Å². The lowest BCUT2D eigenvalue weighted by molar-refractivity contribution is -0.139. The highest BCUT2D eigenvalue weighted by Gasteiger charge is 2.32. The summed E-state index contributed by atoms with van der Waals surface area (Å²) in [6, 6.07) is 6.53. The number of aliphatic carboxylic acids is 1. The van der Waals surface area contributed by atoms with Gasteiger partial charge in [0.25, 0.3) is 0 Å². The third-order valence-corrected chi connectivity index (χ3v) is 4.51. The second-order valence-corrected chi connectivity index (χ2v) is 8.80. The van der Waals surface area contributed by atoms with Gasteiger partial charge in [-0.25, -0.2) is 4.79 Å². The molecule has 35 heavy (non-hydrogen) atoms. The van der Waals surface area contributed by atoms with E-state index in [1.807, 2.05) is 30.3 Å². The summed E-state index contributed by atoms with van der Waals surface area (Å²) in [5.74, 6) is -3.56. The van der Waals surface area contributed by atoms with Gasteiger partial charge in [-0.1, -0.05) is 30.3 Å². The Morgan fingerprint density at radius 1 is 1.03 bits per heavy atom. The molecule has 1 aromatic carbocycles. The molecular weight excluding hydrogens is 460 g/mol. The van der Waals surface area contributed by atoms with E-state index in [-0.39, 0.29) is 19.4 Å². The lowest BCUT2D eigenvalue weighted by Gasteiger charge is -2.27. The van der Waals surface area contributed by atoms with Gasteiger partial charge in [0.1, 0.15) is 24.2 Å². The second-order valence-electron chi connectivity index (χ2n) is 8.80. The van der Waals surface area contributed by atoms with Crippen molar-refractivity contribution >= 4 is 29.8 Å². The number of carbonyl (C=O) groups is 5. The van der Waals surface area contributed by atoms with E-state index in [9.17, 15) is 24.0 Å². The molecule has 0 heterocycles. The molecule has 0 fully saturated rings. The smallest absolute Gasteiger partial charge is 0.408 e. The van der Waals surface area contributed by atoms with Crippen molar-refractivity contribution in [2.24, 2.45) is 5.73 Å². The van der Waals surface area contributed by atoms with Crippen LogP contribution >= 0.6 is 0 Å². The fourth-order valence-electron chi connectivity index (χ4n) is 2.83. The first kappa shape index (κ1) is 29.4. The topological polar surface area (TPSA) is 186 Å². The van der Waals surface area contributed by atoms with Gasteiger partial charge in [0, 0.05) is 6.42 Å². The molecule has 0 saturated carbocycles. The van der Waals surface area contributed by atoms with Crippen LogP contribution in [0.1, 0.15) is 46.1 Å². The molecule has 194 valence electrons. The highest BCUT2D eigenvalue weighted by atomic mass is 16.6. The average molecular weight is 495 g/mol. The molecule has 3 atom stereocenters. The summed E-state index contributed by atoms with van der Waals surface area (Å²) in [7, 11) is 0. The molecule has 0 bridgehead atoms. The molecule has 1 aromatic rings. The Balaban J connectivity index is 3.00. The highest BCUT2D eigenvalue weighted by Crippen LogP contribution is 2.10. The Labute approximate surface area is 203 Å². The molecule has 0 spiro atoms. The maximum absolute atomic E-state index is 13.0. The number of nitrogens with two attached hydrogens (primary N) is 1. The Bertz CT molecular complexity index is 885. The molecule has 12 nitrogen and oxygen atoms in total.